The second kappa shape index (κ2) is 12.5. The summed E-state index contributed by atoms with van der Waals surface area (Å²) in [6, 6.07) is 3.88. The third-order valence-corrected chi connectivity index (χ3v) is 5.64. The number of esters is 2. The Bertz CT molecular complexity index is 874. The molecule has 1 aliphatic rings. The standard InChI is InChI=1S/C26H35NO6/c1-18(8-5-6-9-21-10-7-15-27-17-21)25-19(2)11-12-23(32-20(3)28)26(4,31)14-13-22(29)16-24(30)33-25/h5-8,10-12,15,17,19,22-23,25,29,31H,9,13-14,16H2,1-4H3/b6-5+,12-11+,18-8+/t19-,22+,23-,25+,26+/m0/s1. The predicted octanol–water partition coefficient (Wildman–Crippen LogP) is 3.46. The zero-order valence-corrected chi connectivity index (χ0v) is 19.8. The Morgan fingerprint density at radius 3 is 2.79 bits per heavy atom. The summed E-state index contributed by atoms with van der Waals surface area (Å²) in [4.78, 5) is 28.1. The van der Waals surface area contributed by atoms with Crippen LogP contribution < -0.4 is 0 Å². The molecule has 0 aliphatic carbocycles. The summed E-state index contributed by atoms with van der Waals surface area (Å²) in [6.07, 6.45) is 11.2. The molecule has 1 aromatic heterocycles. The van der Waals surface area contributed by atoms with Gasteiger partial charge in [0.1, 0.15) is 17.8 Å². The van der Waals surface area contributed by atoms with Crippen molar-refractivity contribution in [1.82, 2.24) is 4.98 Å². The fourth-order valence-electron chi connectivity index (χ4n) is 3.67. The molecule has 0 fully saturated rings. The van der Waals surface area contributed by atoms with Crippen LogP contribution in [0, 0.1) is 5.92 Å². The van der Waals surface area contributed by atoms with Crippen LogP contribution in [0.5, 0.6) is 0 Å². The van der Waals surface area contributed by atoms with Gasteiger partial charge in [0.25, 0.3) is 0 Å². The highest BCUT2D eigenvalue weighted by Crippen LogP contribution is 2.26. The molecule has 0 bridgehead atoms. The molecular formula is C26H35NO6. The molecule has 0 saturated heterocycles. The topological polar surface area (TPSA) is 106 Å². The number of aliphatic hydroxyl groups excluding tert-OH is 1. The van der Waals surface area contributed by atoms with E-state index in [0.717, 1.165) is 17.6 Å². The number of hydrogen-bond donors (Lipinski definition) is 2. The van der Waals surface area contributed by atoms with Crippen LogP contribution in [0.3, 0.4) is 0 Å². The van der Waals surface area contributed by atoms with E-state index in [1.165, 1.54) is 6.92 Å². The van der Waals surface area contributed by atoms with Gasteiger partial charge in [0.05, 0.1) is 12.5 Å². The Kier molecular flexibility index (Phi) is 10.0. The number of pyridine rings is 1. The van der Waals surface area contributed by atoms with Crippen molar-refractivity contribution in [3.05, 3.63) is 66.0 Å². The summed E-state index contributed by atoms with van der Waals surface area (Å²) >= 11 is 0. The fraction of sp³-hybridized carbons (Fsp3) is 0.500. The number of hydrogen-bond acceptors (Lipinski definition) is 7. The van der Waals surface area contributed by atoms with Crippen molar-refractivity contribution in [2.24, 2.45) is 5.92 Å². The molecule has 2 N–H and O–H groups in total. The summed E-state index contributed by atoms with van der Waals surface area (Å²) in [5.74, 6) is -1.28. The number of cyclic esters (lactones) is 1. The second-order valence-corrected chi connectivity index (χ2v) is 8.84. The smallest absolute Gasteiger partial charge is 0.309 e. The van der Waals surface area contributed by atoms with Gasteiger partial charge >= 0.3 is 11.9 Å². The van der Waals surface area contributed by atoms with Gasteiger partial charge in [0.2, 0.25) is 0 Å². The molecule has 1 aromatic rings. The average molecular weight is 458 g/mol. The van der Waals surface area contributed by atoms with Gasteiger partial charge in [-0.25, -0.2) is 0 Å². The minimum absolute atomic E-state index is 0.155. The molecule has 0 spiro atoms. The number of rotatable bonds is 5. The monoisotopic (exact) mass is 457 g/mol. The lowest BCUT2D eigenvalue weighted by molar-refractivity contribution is -0.157. The molecule has 0 unspecified atom stereocenters. The van der Waals surface area contributed by atoms with Crippen molar-refractivity contribution < 1.29 is 29.3 Å². The van der Waals surface area contributed by atoms with E-state index in [-0.39, 0.29) is 25.2 Å². The Hall–Kier alpha value is -2.77. The first-order valence-corrected chi connectivity index (χ1v) is 11.3. The zero-order valence-electron chi connectivity index (χ0n) is 19.8. The third kappa shape index (κ3) is 8.94. The fourth-order valence-corrected chi connectivity index (χ4v) is 3.67. The van der Waals surface area contributed by atoms with Crippen LogP contribution >= 0.6 is 0 Å². The number of aliphatic hydroxyl groups is 2. The molecule has 0 amide bonds. The molecule has 0 radical (unpaired) electrons. The quantitative estimate of drug-likeness (QED) is 0.396. The predicted molar refractivity (Wildman–Crippen MR) is 125 cm³/mol. The normalized spacial score (nSPS) is 30.7. The SMILES string of the molecule is CC(=O)O[C@H]1/C=C/[C@H](C)[C@@H](/C(C)=C/C=C/Cc2cccnc2)OC(=O)C[C@H](O)CC[C@@]1(C)O. The number of aromatic nitrogens is 1. The minimum atomic E-state index is -1.39. The van der Waals surface area contributed by atoms with E-state index in [1.807, 2.05) is 50.4 Å². The Morgan fingerprint density at radius 2 is 2.12 bits per heavy atom. The number of ether oxygens (including phenoxy) is 2. The summed E-state index contributed by atoms with van der Waals surface area (Å²) in [5.41, 5.74) is 0.526. The highest BCUT2D eigenvalue weighted by atomic mass is 16.6. The van der Waals surface area contributed by atoms with Crippen LogP contribution in [0.1, 0.15) is 52.5 Å². The maximum absolute atomic E-state index is 12.5. The Balaban J connectivity index is 2.25. The van der Waals surface area contributed by atoms with Crippen molar-refractivity contribution in [2.75, 3.05) is 0 Å². The van der Waals surface area contributed by atoms with Gasteiger partial charge in [-0.05, 0) is 56.4 Å². The van der Waals surface area contributed by atoms with E-state index in [1.54, 1.807) is 25.3 Å². The summed E-state index contributed by atoms with van der Waals surface area (Å²) in [7, 11) is 0. The molecule has 7 heteroatoms. The molecular weight excluding hydrogens is 422 g/mol. The second-order valence-electron chi connectivity index (χ2n) is 8.84. The highest BCUT2D eigenvalue weighted by molar-refractivity contribution is 5.70. The van der Waals surface area contributed by atoms with Gasteiger partial charge in [0, 0.05) is 25.2 Å². The molecule has 1 aliphatic heterocycles. The molecule has 33 heavy (non-hydrogen) atoms. The van der Waals surface area contributed by atoms with Crippen LogP contribution in [0.15, 0.2) is 60.5 Å². The third-order valence-electron chi connectivity index (χ3n) is 5.64. The number of carbonyl (C=O) groups excluding carboxylic acids is 2. The first kappa shape index (κ1) is 26.5. The van der Waals surface area contributed by atoms with Gasteiger partial charge in [-0.2, -0.15) is 0 Å². The molecule has 0 saturated carbocycles. The van der Waals surface area contributed by atoms with Crippen molar-refractivity contribution in [3.8, 4) is 0 Å². The van der Waals surface area contributed by atoms with E-state index < -0.39 is 35.9 Å². The summed E-state index contributed by atoms with van der Waals surface area (Å²) in [5, 5.41) is 21.1. The maximum atomic E-state index is 12.5. The van der Waals surface area contributed by atoms with Crippen LogP contribution in [-0.2, 0) is 25.5 Å². The molecule has 2 rings (SSSR count). The minimum Gasteiger partial charge on any atom is -0.457 e. The lowest BCUT2D eigenvalue weighted by Gasteiger charge is -2.32. The maximum Gasteiger partial charge on any atom is 0.309 e. The van der Waals surface area contributed by atoms with Crippen LogP contribution in [0.2, 0.25) is 0 Å². The lowest BCUT2D eigenvalue weighted by Crippen LogP contribution is -2.42. The Labute approximate surface area is 195 Å². The van der Waals surface area contributed by atoms with Crippen molar-refractivity contribution >= 4 is 11.9 Å². The van der Waals surface area contributed by atoms with Crippen LogP contribution in [0.25, 0.3) is 0 Å². The van der Waals surface area contributed by atoms with Crippen LogP contribution in [0.4, 0.5) is 0 Å². The van der Waals surface area contributed by atoms with Crippen molar-refractivity contribution in [3.63, 3.8) is 0 Å². The Morgan fingerprint density at radius 1 is 1.36 bits per heavy atom. The van der Waals surface area contributed by atoms with Gasteiger partial charge in [-0.15, -0.1) is 0 Å². The van der Waals surface area contributed by atoms with Gasteiger partial charge in [0.15, 0.2) is 0 Å². The first-order chi connectivity index (χ1) is 15.6. The largest absolute Gasteiger partial charge is 0.457 e. The molecule has 2 heterocycles. The van der Waals surface area contributed by atoms with E-state index in [9.17, 15) is 19.8 Å². The highest BCUT2D eigenvalue weighted by Gasteiger charge is 2.34. The van der Waals surface area contributed by atoms with E-state index in [0.29, 0.717) is 0 Å². The molecule has 180 valence electrons. The van der Waals surface area contributed by atoms with E-state index in [2.05, 4.69) is 4.98 Å². The van der Waals surface area contributed by atoms with Crippen molar-refractivity contribution in [1.29, 1.82) is 0 Å². The number of nitrogens with zero attached hydrogens (tertiary/aromatic N) is 1. The van der Waals surface area contributed by atoms with Gasteiger partial charge in [-0.1, -0.05) is 37.3 Å². The van der Waals surface area contributed by atoms with Gasteiger partial charge < -0.3 is 19.7 Å². The lowest BCUT2D eigenvalue weighted by atomic mass is 9.88. The number of carbonyl (C=O) groups is 2. The average Bonchev–Trinajstić information content (AvgIpc) is 2.76. The molecule has 0 aromatic carbocycles. The zero-order chi connectivity index (χ0) is 24.4. The number of allylic oxidation sites excluding steroid dienone is 3. The summed E-state index contributed by atoms with van der Waals surface area (Å²) < 4.78 is 11.1. The molecule has 7 nitrogen and oxygen atoms in total. The molecule has 5 atom stereocenters. The van der Waals surface area contributed by atoms with E-state index >= 15 is 0 Å². The van der Waals surface area contributed by atoms with Crippen molar-refractivity contribution in [2.45, 2.75) is 77.3 Å². The summed E-state index contributed by atoms with van der Waals surface area (Å²) in [6.45, 7) is 6.60. The first-order valence-electron chi connectivity index (χ1n) is 11.3. The van der Waals surface area contributed by atoms with Gasteiger partial charge in [-0.3, -0.25) is 14.6 Å². The van der Waals surface area contributed by atoms with E-state index in [4.69, 9.17) is 9.47 Å². The van der Waals surface area contributed by atoms with Crippen LogP contribution in [-0.4, -0.2) is 51.0 Å².